The lowest BCUT2D eigenvalue weighted by Gasteiger charge is -2.21. The molecule has 0 bridgehead atoms. The highest BCUT2D eigenvalue weighted by Gasteiger charge is 2.46. The van der Waals surface area contributed by atoms with Gasteiger partial charge in [-0.1, -0.05) is 204 Å². The number of allylic oxidation sites excluding steroid dienone is 6. The van der Waals surface area contributed by atoms with Crippen LogP contribution in [0.3, 0.4) is 0 Å². The zero-order chi connectivity index (χ0) is 57.3. The van der Waals surface area contributed by atoms with Crippen molar-refractivity contribution in [3.05, 3.63) is 71.4 Å². The van der Waals surface area contributed by atoms with Gasteiger partial charge in [0.15, 0.2) is 12.3 Å². The van der Waals surface area contributed by atoms with Crippen LogP contribution in [0.15, 0.2) is 65.7 Å². The number of nitrogens with two attached hydrogens (primary N) is 1. The highest BCUT2D eigenvalue weighted by Crippen LogP contribution is 2.60. The zero-order valence-corrected chi connectivity index (χ0v) is 49.0. The van der Waals surface area contributed by atoms with Crippen molar-refractivity contribution in [3.8, 4) is 0 Å². The molecule has 0 saturated carbocycles. The molecule has 1 aromatic rings. The molecule has 0 amide bonds. The van der Waals surface area contributed by atoms with Crippen LogP contribution in [0.2, 0.25) is 0 Å². The Bertz CT molecular complexity index is 2030. The summed E-state index contributed by atoms with van der Waals surface area (Å²) in [6, 6.07) is 1.24. The molecule has 2 rings (SSSR count). The van der Waals surface area contributed by atoms with Gasteiger partial charge >= 0.3 is 33.3 Å². The normalized spacial score (nSPS) is 19.7. The molecule has 1 saturated heterocycles. The van der Waals surface area contributed by atoms with Crippen molar-refractivity contribution in [2.75, 3.05) is 25.6 Å². The number of nitrogen functional groups attached to an aromatic ring is 1. The van der Waals surface area contributed by atoms with Crippen LogP contribution in [-0.2, 0) is 46.3 Å². The maximum absolute atomic E-state index is 12.9. The molecule has 1 aliphatic heterocycles. The third-order valence-corrected chi connectivity index (χ3v) is 16.1. The summed E-state index contributed by atoms with van der Waals surface area (Å²) in [5.74, 6) is -0.533. The molecule has 0 radical (unpaired) electrons. The number of carbonyl (C=O) groups is 2. The summed E-state index contributed by atoms with van der Waals surface area (Å²) < 4.78 is 56.9. The minimum Gasteiger partial charge on any atom is -0.462 e. The van der Waals surface area contributed by atoms with Crippen molar-refractivity contribution in [3.63, 3.8) is 0 Å². The second kappa shape index (κ2) is 43.4. The van der Waals surface area contributed by atoms with Crippen molar-refractivity contribution >= 4 is 33.4 Å². The molecule has 19 nitrogen and oxygen atoms in total. The fourth-order valence-corrected chi connectivity index (χ4v) is 10.7. The third-order valence-electron chi connectivity index (χ3n) is 13.5. The number of aromatic nitrogens is 2. The van der Waals surface area contributed by atoms with Gasteiger partial charge in [-0.05, 0) is 56.9 Å². The van der Waals surface area contributed by atoms with E-state index in [1.807, 2.05) is 36.5 Å². The van der Waals surface area contributed by atoms with Gasteiger partial charge in [-0.2, -0.15) is 9.29 Å². The van der Waals surface area contributed by atoms with E-state index in [1.165, 1.54) is 115 Å². The summed E-state index contributed by atoms with van der Waals surface area (Å²) in [5, 5.41) is 31.1. The first kappa shape index (κ1) is 70.8. The molecule has 3 unspecified atom stereocenters. The molecule has 0 spiro atoms. The van der Waals surface area contributed by atoms with E-state index in [0.717, 1.165) is 55.2 Å². The van der Waals surface area contributed by atoms with Gasteiger partial charge in [0.25, 0.3) is 0 Å². The SMILES string of the molecule is CCCCC/C=C\C[C@@H](O)/C=C/C=C\C/C=C\CCCC(=O)OC[C@H](COP(=O)(O)OP(=O)(O)OC[C@H]1O[C@@H](n2ccc(N)nc2=O)[C@H](O)[C@@H]1O)OC(=O)CCCCCCCCCCCCCCCCCCCCC(C)CC. The molecule has 0 aliphatic carbocycles. The minimum atomic E-state index is -5.45. The Balaban J connectivity index is 1.78. The van der Waals surface area contributed by atoms with Crippen LogP contribution < -0.4 is 11.4 Å². The molecule has 21 heteroatoms. The number of nitrogens with zero attached hydrogens (tertiary/aromatic N) is 2. The Morgan fingerprint density at radius 1 is 0.731 bits per heavy atom. The quantitative estimate of drug-likeness (QED) is 0.0116. The van der Waals surface area contributed by atoms with Crippen LogP contribution in [0.5, 0.6) is 0 Å². The Labute approximate surface area is 465 Å². The van der Waals surface area contributed by atoms with Crippen LogP contribution in [0, 0.1) is 5.92 Å². The lowest BCUT2D eigenvalue weighted by Crippen LogP contribution is -2.36. The molecular weight excluding hydrogens is 1040 g/mol. The molecule has 0 aromatic carbocycles. The van der Waals surface area contributed by atoms with Crippen molar-refractivity contribution in [1.29, 1.82) is 0 Å². The van der Waals surface area contributed by atoms with E-state index >= 15 is 0 Å². The summed E-state index contributed by atoms with van der Waals surface area (Å²) in [6.07, 6.45) is 39.2. The van der Waals surface area contributed by atoms with Crippen LogP contribution in [0.4, 0.5) is 5.82 Å². The summed E-state index contributed by atoms with van der Waals surface area (Å²) in [5.41, 5.74) is 4.59. The number of anilines is 1. The molecule has 9 atom stereocenters. The Morgan fingerprint density at radius 3 is 1.92 bits per heavy atom. The average Bonchev–Trinajstić information content (AvgIpc) is 3.68. The van der Waals surface area contributed by atoms with E-state index in [1.54, 1.807) is 6.08 Å². The van der Waals surface area contributed by atoms with Crippen LogP contribution in [-0.4, -0.2) is 96.9 Å². The number of esters is 2. The summed E-state index contributed by atoms with van der Waals surface area (Å²) in [4.78, 5) is 62.1. The number of unbranched alkanes of at least 4 members (excludes halogenated alkanes) is 21. The van der Waals surface area contributed by atoms with Gasteiger partial charge in [0.2, 0.25) is 0 Å². The molecular formula is C57H99N3O16P2. The Hall–Kier alpha value is -3.32. The highest BCUT2D eigenvalue weighted by atomic mass is 31.3. The smallest absolute Gasteiger partial charge is 0.462 e. The van der Waals surface area contributed by atoms with Gasteiger partial charge < -0.3 is 45.1 Å². The van der Waals surface area contributed by atoms with Crippen LogP contribution in [0.25, 0.3) is 0 Å². The van der Waals surface area contributed by atoms with Crippen LogP contribution >= 0.6 is 15.6 Å². The van der Waals surface area contributed by atoms with Gasteiger partial charge in [-0.3, -0.25) is 23.2 Å². The highest BCUT2D eigenvalue weighted by molar-refractivity contribution is 7.61. The number of phosphoric acid groups is 2. The molecule has 78 heavy (non-hydrogen) atoms. The summed E-state index contributed by atoms with van der Waals surface area (Å²) in [7, 11) is -10.9. The van der Waals surface area contributed by atoms with Crippen molar-refractivity contribution in [2.24, 2.45) is 5.92 Å². The molecule has 1 aromatic heterocycles. The standard InChI is InChI=1S/C57H99N3O16P2/c1-4-6-7-8-28-33-38-48(61)39-34-29-24-21-22-25-30-35-40-52(62)71-44-49(74-53(63)41-36-31-26-20-18-16-14-12-10-9-11-13-15-17-19-23-27-32-37-47(3)5-2)45-72-77(67,68)76-78(69,70)73-46-50-54(64)55(65)56(75-50)60-43-42-51(58)59-57(60)66/h22,24-25,28-29,33-34,39,42-43,47-50,54-56,61,64-65H,4-21,23,26-27,30-32,35-38,40-41,44-46H2,1-3H3,(H,67,68)(H,69,70)(H2,58,59,66)/b25-22-,29-24-,33-28-,39-34+/t47?,48-,49-,50-,54-,55-,56-/m1/s1. The molecule has 7 N–H and O–H groups in total. The van der Waals surface area contributed by atoms with E-state index in [4.69, 9.17) is 29.0 Å². The van der Waals surface area contributed by atoms with Gasteiger partial charge in [0.05, 0.1) is 19.3 Å². The lowest BCUT2D eigenvalue weighted by molar-refractivity contribution is -0.161. The topological polar surface area (TPSA) is 286 Å². The van der Waals surface area contributed by atoms with E-state index in [0.29, 0.717) is 32.1 Å². The minimum absolute atomic E-state index is 0.0197. The van der Waals surface area contributed by atoms with E-state index in [-0.39, 0.29) is 18.7 Å². The Morgan fingerprint density at radius 2 is 1.31 bits per heavy atom. The van der Waals surface area contributed by atoms with E-state index in [2.05, 4.69) is 36.1 Å². The summed E-state index contributed by atoms with van der Waals surface area (Å²) >= 11 is 0. The number of hydrogen-bond acceptors (Lipinski definition) is 16. The first-order valence-corrected chi connectivity index (χ1v) is 32.1. The predicted molar refractivity (Wildman–Crippen MR) is 304 cm³/mol. The zero-order valence-electron chi connectivity index (χ0n) is 47.2. The van der Waals surface area contributed by atoms with Crippen LogP contribution in [0.1, 0.15) is 220 Å². The predicted octanol–water partition coefficient (Wildman–Crippen LogP) is 12.1. The fraction of sp³-hybridized carbons (Fsp3) is 0.754. The number of aliphatic hydroxyl groups is 3. The average molecular weight is 1140 g/mol. The van der Waals surface area contributed by atoms with E-state index in [9.17, 15) is 48.6 Å². The number of carbonyl (C=O) groups excluding carboxylic acids is 2. The number of aliphatic hydroxyl groups excluding tert-OH is 3. The second-order valence-corrected chi connectivity index (χ2v) is 23.6. The molecule has 448 valence electrons. The number of phosphoric ester groups is 2. The Kier molecular flexibility index (Phi) is 39.4. The fourth-order valence-electron chi connectivity index (χ4n) is 8.60. The maximum Gasteiger partial charge on any atom is 0.481 e. The van der Waals surface area contributed by atoms with Gasteiger partial charge in [-0.15, -0.1) is 0 Å². The van der Waals surface area contributed by atoms with Gasteiger partial charge in [0.1, 0.15) is 30.7 Å². The largest absolute Gasteiger partial charge is 0.481 e. The monoisotopic (exact) mass is 1140 g/mol. The molecule has 2 heterocycles. The molecule has 1 aliphatic rings. The lowest BCUT2D eigenvalue weighted by atomic mass is 9.99. The number of hydrogen-bond donors (Lipinski definition) is 6. The first-order valence-electron chi connectivity index (χ1n) is 29.2. The maximum atomic E-state index is 12.9. The third kappa shape index (κ3) is 35.4. The van der Waals surface area contributed by atoms with Crippen molar-refractivity contribution in [2.45, 2.75) is 250 Å². The van der Waals surface area contributed by atoms with Gasteiger partial charge in [0, 0.05) is 19.0 Å². The summed E-state index contributed by atoms with van der Waals surface area (Å²) in [6.45, 7) is 4.40. The van der Waals surface area contributed by atoms with Gasteiger partial charge in [-0.25, -0.2) is 13.9 Å². The van der Waals surface area contributed by atoms with E-state index < -0.39 is 89.8 Å². The molecule has 1 fully saturated rings. The van der Waals surface area contributed by atoms with Crippen molar-refractivity contribution < 1.29 is 71.4 Å². The number of ether oxygens (including phenoxy) is 3. The van der Waals surface area contributed by atoms with Crippen molar-refractivity contribution in [1.82, 2.24) is 9.55 Å². The first-order chi connectivity index (χ1) is 37.5. The number of rotatable bonds is 48. The second-order valence-electron chi connectivity index (χ2n) is 20.6.